The molecular formula is C8H17N3O3. The van der Waals surface area contributed by atoms with Gasteiger partial charge in [-0.1, -0.05) is 5.59 Å². The maximum Gasteiger partial charge on any atom is 0.327 e. The predicted molar refractivity (Wildman–Crippen MR) is 49.9 cm³/mol. The lowest BCUT2D eigenvalue weighted by Gasteiger charge is -2.14. The molecule has 14 heavy (non-hydrogen) atoms. The van der Waals surface area contributed by atoms with E-state index in [2.05, 4.69) is 9.74 Å². The number of carbonyl (C=O) groups is 1. The summed E-state index contributed by atoms with van der Waals surface area (Å²) in [5.74, 6) is 4.49. The van der Waals surface area contributed by atoms with Crippen LogP contribution in [-0.2, 0) is 14.4 Å². The van der Waals surface area contributed by atoms with Gasteiger partial charge in [-0.2, -0.15) is 0 Å². The van der Waals surface area contributed by atoms with Crippen LogP contribution in [0.1, 0.15) is 12.8 Å². The van der Waals surface area contributed by atoms with E-state index < -0.39 is 0 Å². The molecule has 0 aliphatic carbocycles. The third-order valence-electron chi connectivity index (χ3n) is 2.37. The molecule has 1 aliphatic heterocycles. The van der Waals surface area contributed by atoms with Gasteiger partial charge in [0.25, 0.3) is 0 Å². The van der Waals surface area contributed by atoms with Gasteiger partial charge in [-0.25, -0.2) is 5.84 Å². The average molecular weight is 203 g/mol. The zero-order chi connectivity index (χ0) is 10.4. The minimum Gasteiger partial charge on any atom is -0.380 e. The molecule has 1 rings (SSSR count). The fourth-order valence-corrected chi connectivity index (χ4v) is 1.56. The monoisotopic (exact) mass is 203 g/mol. The van der Waals surface area contributed by atoms with Crippen LogP contribution in [0.15, 0.2) is 0 Å². The van der Waals surface area contributed by atoms with E-state index in [0.717, 1.165) is 19.5 Å². The first-order valence-electron chi connectivity index (χ1n) is 4.66. The zero-order valence-electron chi connectivity index (χ0n) is 8.36. The van der Waals surface area contributed by atoms with E-state index in [9.17, 15) is 4.79 Å². The summed E-state index contributed by atoms with van der Waals surface area (Å²) in [5, 5.41) is 0. The van der Waals surface area contributed by atoms with Crippen molar-refractivity contribution in [2.45, 2.75) is 18.9 Å². The topological polar surface area (TPSA) is 76.8 Å². The molecule has 1 heterocycles. The van der Waals surface area contributed by atoms with Gasteiger partial charge < -0.3 is 14.5 Å². The van der Waals surface area contributed by atoms with Crippen LogP contribution in [0.4, 0.5) is 0 Å². The molecule has 0 spiro atoms. The highest BCUT2D eigenvalue weighted by molar-refractivity contribution is 5.69. The maximum atomic E-state index is 10.9. The van der Waals surface area contributed by atoms with Crippen LogP contribution < -0.4 is 11.4 Å². The van der Waals surface area contributed by atoms with E-state index in [1.807, 2.05) is 5.59 Å². The molecule has 1 saturated heterocycles. The Morgan fingerprint density at radius 2 is 2.50 bits per heavy atom. The van der Waals surface area contributed by atoms with Crippen molar-refractivity contribution >= 4 is 5.97 Å². The molecule has 0 aromatic carbocycles. The van der Waals surface area contributed by atoms with Gasteiger partial charge in [0, 0.05) is 26.7 Å². The van der Waals surface area contributed by atoms with E-state index in [-0.39, 0.29) is 5.97 Å². The number of hydrogen-bond donors (Lipinski definition) is 2. The second-order valence-electron chi connectivity index (χ2n) is 3.29. The molecule has 6 nitrogen and oxygen atoms in total. The highest BCUT2D eigenvalue weighted by Gasteiger charge is 2.22. The van der Waals surface area contributed by atoms with Crippen molar-refractivity contribution < 1.29 is 14.4 Å². The lowest BCUT2D eigenvalue weighted by molar-refractivity contribution is -0.151. The molecule has 6 heteroatoms. The summed E-state index contributed by atoms with van der Waals surface area (Å²) >= 11 is 0. The molecule has 0 bridgehead atoms. The Bertz CT molecular complexity index is 189. The second-order valence-corrected chi connectivity index (χ2v) is 3.29. The predicted octanol–water partition coefficient (Wildman–Crippen LogP) is -0.981. The number of nitrogens with zero attached hydrogens (tertiary/aromatic N) is 1. The van der Waals surface area contributed by atoms with Crippen LogP contribution in [0.2, 0.25) is 0 Å². The molecule has 1 unspecified atom stereocenters. The summed E-state index contributed by atoms with van der Waals surface area (Å²) in [5.41, 5.74) is 1.87. The van der Waals surface area contributed by atoms with Crippen LogP contribution >= 0.6 is 0 Å². The Morgan fingerprint density at radius 1 is 1.71 bits per heavy atom. The summed E-state index contributed by atoms with van der Waals surface area (Å²) in [6.07, 6.45) is 1.68. The molecular weight excluding hydrogens is 186 g/mol. The van der Waals surface area contributed by atoms with Gasteiger partial charge in [0.05, 0.1) is 12.5 Å². The van der Waals surface area contributed by atoms with E-state index in [0.29, 0.717) is 19.1 Å². The van der Waals surface area contributed by atoms with Crippen LogP contribution in [0, 0.1) is 0 Å². The Morgan fingerprint density at radius 3 is 3.07 bits per heavy atom. The third kappa shape index (κ3) is 3.59. The number of hydrazine groups is 1. The smallest absolute Gasteiger partial charge is 0.327 e. The van der Waals surface area contributed by atoms with Gasteiger partial charge in [-0.3, -0.25) is 4.79 Å². The number of ether oxygens (including phenoxy) is 1. The van der Waals surface area contributed by atoms with Crippen molar-refractivity contribution in [1.82, 2.24) is 10.5 Å². The van der Waals surface area contributed by atoms with E-state index >= 15 is 0 Å². The van der Waals surface area contributed by atoms with Gasteiger partial charge in [0.2, 0.25) is 0 Å². The number of nitrogens with two attached hydrogens (primary N) is 1. The molecule has 1 aliphatic rings. The van der Waals surface area contributed by atoms with Crippen molar-refractivity contribution in [2.24, 2.45) is 5.84 Å². The molecule has 82 valence electrons. The number of carbonyl (C=O) groups excluding carboxylic acids is 1. The lowest BCUT2D eigenvalue weighted by Crippen LogP contribution is -2.30. The number of methoxy groups -OCH3 is 1. The van der Waals surface area contributed by atoms with E-state index in [1.54, 1.807) is 7.11 Å². The largest absolute Gasteiger partial charge is 0.380 e. The third-order valence-corrected chi connectivity index (χ3v) is 2.37. The number of hydrogen-bond acceptors (Lipinski definition) is 6. The minimum atomic E-state index is -0.339. The van der Waals surface area contributed by atoms with Crippen molar-refractivity contribution in [2.75, 3.05) is 26.7 Å². The minimum absolute atomic E-state index is 0.304. The first-order chi connectivity index (χ1) is 6.76. The van der Waals surface area contributed by atoms with Crippen molar-refractivity contribution in [1.29, 1.82) is 0 Å². The quantitative estimate of drug-likeness (QED) is 0.442. The zero-order valence-corrected chi connectivity index (χ0v) is 8.36. The fraction of sp³-hybridized carbons (Fsp3) is 0.875. The van der Waals surface area contributed by atoms with Gasteiger partial charge in [-0.05, 0) is 6.42 Å². The number of likely N-dealkylation sites (tertiary alicyclic amines) is 1. The lowest BCUT2D eigenvalue weighted by atomic mass is 10.3. The van der Waals surface area contributed by atoms with Crippen molar-refractivity contribution in [3.8, 4) is 0 Å². The fourth-order valence-electron chi connectivity index (χ4n) is 1.56. The summed E-state index contributed by atoms with van der Waals surface area (Å²) in [6.45, 7) is 2.56. The van der Waals surface area contributed by atoms with Gasteiger partial charge >= 0.3 is 5.97 Å². The molecule has 0 radical (unpaired) electrons. The molecule has 0 aromatic heterocycles. The van der Waals surface area contributed by atoms with Crippen molar-refractivity contribution in [3.05, 3.63) is 0 Å². The molecule has 0 amide bonds. The maximum absolute atomic E-state index is 10.9. The average Bonchev–Trinajstić information content (AvgIpc) is 2.63. The second kappa shape index (κ2) is 5.92. The number of nitrogens with one attached hydrogen (secondary N) is 1. The van der Waals surface area contributed by atoms with Gasteiger partial charge in [-0.15, -0.1) is 0 Å². The molecule has 0 saturated carbocycles. The van der Waals surface area contributed by atoms with Crippen LogP contribution in [0.25, 0.3) is 0 Å². The normalized spacial score (nSPS) is 22.6. The van der Waals surface area contributed by atoms with Crippen LogP contribution in [0.5, 0.6) is 0 Å². The molecule has 1 atom stereocenters. The Hall–Kier alpha value is -0.690. The standard InChI is InChI=1S/C8H17N3O3/c1-13-7-2-4-11(6-7)5-3-8(12)14-10-9/h7,10H,2-6,9H2,1H3. The van der Waals surface area contributed by atoms with Crippen LogP contribution in [0.3, 0.4) is 0 Å². The summed E-state index contributed by atoms with van der Waals surface area (Å²) in [4.78, 5) is 17.5. The Kier molecular flexibility index (Phi) is 4.81. The molecule has 3 N–H and O–H groups in total. The van der Waals surface area contributed by atoms with E-state index in [1.165, 1.54) is 0 Å². The highest BCUT2D eigenvalue weighted by atomic mass is 16.7. The van der Waals surface area contributed by atoms with Crippen LogP contribution in [-0.4, -0.2) is 43.7 Å². The molecule has 0 aromatic rings. The number of rotatable bonds is 5. The first-order valence-corrected chi connectivity index (χ1v) is 4.66. The first kappa shape index (κ1) is 11.4. The summed E-state index contributed by atoms with van der Waals surface area (Å²) < 4.78 is 5.21. The van der Waals surface area contributed by atoms with Gasteiger partial charge in [0.15, 0.2) is 0 Å². The van der Waals surface area contributed by atoms with Crippen molar-refractivity contribution in [3.63, 3.8) is 0 Å². The Labute approximate surface area is 83.3 Å². The summed E-state index contributed by atoms with van der Waals surface area (Å²) in [6, 6.07) is 0. The summed E-state index contributed by atoms with van der Waals surface area (Å²) in [7, 11) is 1.71. The SMILES string of the molecule is COC1CCN(CCC(=O)ONN)C1. The molecule has 1 fully saturated rings. The highest BCUT2D eigenvalue weighted by Crippen LogP contribution is 2.11. The Balaban J connectivity index is 2.11. The van der Waals surface area contributed by atoms with E-state index in [4.69, 9.17) is 10.6 Å². The van der Waals surface area contributed by atoms with Gasteiger partial charge in [0.1, 0.15) is 0 Å².